The van der Waals surface area contributed by atoms with Gasteiger partial charge in [0.25, 0.3) is 0 Å². The van der Waals surface area contributed by atoms with Gasteiger partial charge >= 0.3 is 0 Å². The summed E-state index contributed by atoms with van der Waals surface area (Å²) in [6.07, 6.45) is 0.920. The van der Waals surface area contributed by atoms with Gasteiger partial charge in [-0.05, 0) is 24.1 Å². The maximum atomic E-state index is 5.93. The van der Waals surface area contributed by atoms with E-state index >= 15 is 0 Å². The van der Waals surface area contributed by atoms with Gasteiger partial charge in [0.2, 0.25) is 0 Å². The zero-order chi connectivity index (χ0) is 16.1. The molecule has 0 spiro atoms. The summed E-state index contributed by atoms with van der Waals surface area (Å²) >= 11 is 0. The van der Waals surface area contributed by atoms with Crippen LogP contribution in [0.5, 0.6) is 0 Å². The highest BCUT2D eigenvalue weighted by Gasteiger charge is 2.06. The third-order valence-electron chi connectivity index (χ3n) is 3.83. The number of imidazole rings is 1. The van der Waals surface area contributed by atoms with Gasteiger partial charge in [0.1, 0.15) is 12.4 Å². The molecule has 3 rings (SSSR count). The predicted octanol–water partition coefficient (Wildman–Crippen LogP) is 2.84. The maximum Gasteiger partial charge on any atom is 0.189 e. The molecule has 2 aromatic carbocycles. The number of para-hydroxylation sites is 2. The standard InChI is InChI=1S/C18H21N5.HI/c1-23-16-10-6-5-9-15(16)22-17(23)13-21-18(19)20-12-11-14-7-3-2-4-8-14;/h2-10H,11-13H2,1H3,(H3,19,20,21);1H. The average molecular weight is 435 g/mol. The van der Waals surface area contributed by atoms with Crippen molar-refractivity contribution in [2.75, 3.05) is 6.54 Å². The molecule has 0 aliphatic heterocycles. The first-order chi connectivity index (χ1) is 11.2. The highest BCUT2D eigenvalue weighted by Crippen LogP contribution is 2.14. The number of aryl methyl sites for hydroxylation is 1. The summed E-state index contributed by atoms with van der Waals surface area (Å²) < 4.78 is 2.05. The van der Waals surface area contributed by atoms with E-state index in [0.717, 1.165) is 29.8 Å². The lowest BCUT2D eigenvalue weighted by Gasteiger charge is -2.06. The van der Waals surface area contributed by atoms with Crippen molar-refractivity contribution in [1.82, 2.24) is 14.9 Å². The van der Waals surface area contributed by atoms with Crippen molar-refractivity contribution in [1.29, 1.82) is 0 Å². The van der Waals surface area contributed by atoms with Gasteiger partial charge in [-0.15, -0.1) is 24.0 Å². The Balaban J connectivity index is 0.00000208. The molecular weight excluding hydrogens is 413 g/mol. The lowest BCUT2D eigenvalue weighted by atomic mass is 10.1. The highest BCUT2D eigenvalue weighted by atomic mass is 127. The van der Waals surface area contributed by atoms with Crippen LogP contribution in [-0.4, -0.2) is 22.1 Å². The molecule has 0 fully saturated rings. The van der Waals surface area contributed by atoms with Crippen LogP contribution in [0.15, 0.2) is 59.6 Å². The van der Waals surface area contributed by atoms with Crippen molar-refractivity contribution in [3.05, 3.63) is 66.0 Å². The number of halogens is 1. The average Bonchev–Trinajstić information content (AvgIpc) is 2.90. The van der Waals surface area contributed by atoms with Gasteiger partial charge in [-0.25, -0.2) is 9.98 Å². The molecule has 0 aliphatic rings. The lowest BCUT2D eigenvalue weighted by Crippen LogP contribution is -2.33. The number of aliphatic imine (C=N–C) groups is 1. The molecule has 0 saturated carbocycles. The van der Waals surface area contributed by atoms with E-state index in [1.807, 2.05) is 43.4 Å². The van der Waals surface area contributed by atoms with E-state index in [2.05, 4.69) is 38.1 Å². The molecule has 0 atom stereocenters. The van der Waals surface area contributed by atoms with E-state index in [0.29, 0.717) is 12.5 Å². The second-order valence-electron chi connectivity index (χ2n) is 5.44. The lowest BCUT2D eigenvalue weighted by molar-refractivity contribution is 0.797. The second-order valence-corrected chi connectivity index (χ2v) is 5.44. The Kier molecular flexibility index (Phi) is 6.60. The minimum atomic E-state index is 0. The van der Waals surface area contributed by atoms with Crippen LogP contribution in [0.25, 0.3) is 11.0 Å². The molecule has 126 valence electrons. The molecule has 1 heterocycles. The van der Waals surface area contributed by atoms with Crippen LogP contribution < -0.4 is 11.1 Å². The molecule has 1 aromatic heterocycles. The van der Waals surface area contributed by atoms with E-state index < -0.39 is 0 Å². The van der Waals surface area contributed by atoms with Crippen LogP contribution in [0.3, 0.4) is 0 Å². The number of rotatable bonds is 5. The quantitative estimate of drug-likeness (QED) is 0.368. The van der Waals surface area contributed by atoms with Gasteiger partial charge in [0, 0.05) is 13.6 Å². The van der Waals surface area contributed by atoms with Gasteiger partial charge in [0.15, 0.2) is 5.96 Å². The number of hydrogen-bond donors (Lipinski definition) is 2. The molecule has 24 heavy (non-hydrogen) atoms. The Morgan fingerprint density at radius 3 is 2.58 bits per heavy atom. The molecule has 0 bridgehead atoms. The summed E-state index contributed by atoms with van der Waals surface area (Å²) in [6.45, 7) is 1.23. The normalized spacial score (nSPS) is 11.3. The van der Waals surface area contributed by atoms with E-state index in [4.69, 9.17) is 5.73 Å². The fourth-order valence-corrected chi connectivity index (χ4v) is 2.53. The maximum absolute atomic E-state index is 5.93. The van der Waals surface area contributed by atoms with Crippen molar-refractivity contribution in [3.8, 4) is 0 Å². The number of hydrogen-bond acceptors (Lipinski definition) is 2. The summed E-state index contributed by atoms with van der Waals surface area (Å²) in [5, 5.41) is 3.15. The molecular formula is C18H22IN5. The highest BCUT2D eigenvalue weighted by molar-refractivity contribution is 14.0. The van der Waals surface area contributed by atoms with Crippen LogP contribution in [0, 0.1) is 0 Å². The van der Waals surface area contributed by atoms with E-state index in [1.54, 1.807) is 0 Å². The monoisotopic (exact) mass is 435 g/mol. The number of nitrogens with zero attached hydrogens (tertiary/aromatic N) is 3. The molecule has 0 unspecified atom stereocenters. The topological polar surface area (TPSA) is 68.2 Å². The zero-order valence-corrected chi connectivity index (χ0v) is 16.0. The van der Waals surface area contributed by atoms with Crippen molar-refractivity contribution in [3.63, 3.8) is 0 Å². The molecule has 0 radical (unpaired) electrons. The van der Waals surface area contributed by atoms with Gasteiger partial charge in [0.05, 0.1) is 11.0 Å². The molecule has 0 aliphatic carbocycles. The number of guanidine groups is 1. The number of benzene rings is 2. The van der Waals surface area contributed by atoms with Gasteiger partial charge in [-0.1, -0.05) is 42.5 Å². The molecule has 3 aromatic rings. The second kappa shape index (κ2) is 8.68. The Morgan fingerprint density at radius 2 is 1.83 bits per heavy atom. The minimum absolute atomic E-state index is 0. The van der Waals surface area contributed by atoms with Gasteiger partial charge < -0.3 is 15.6 Å². The summed E-state index contributed by atoms with van der Waals surface area (Å²) in [6, 6.07) is 18.4. The largest absolute Gasteiger partial charge is 0.370 e. The number of fused-ring (bicyclic) bond motifs is 1. The molecule has 3 N–H and O–H groups in total. The van der Waals surface area contributed by atoms with Crippen LogP contribution in [0.4, 0.5) is 0 Å². The Hall–Kier alpha value is -2.09. The molecule has 0 saturated heterocycles. The molecule has 0 amide bonds. The van der Waals surface area contributed by atoms with Crippen LogP contribution in [0.2, 0.25) is 0 Å². The Bertz CT molecular complexity index is 811. The van der Waals surface area contributed by atoms with E-state index in [1.165, 1.54) is 5.56 Å². The van der Waals surface area contributed by atoms with Crippen LogP contribution in [-0.2, 0) is 20.0 Å². The van der Waals surface area contributed by atoms with Gasteiger partial charge in [-0.2, -0.15) is 0 Å². The van der Waals surface area contributed by atoms with Crippen molar-refractivity contribution in [2.45, 2.75) is 13.0 Å². The smallest absolute Gasteiger partial charge is 0.189 e. The molecule has 6 heteroatoms. The van der Waals surface area contributed by atoms with E-state index in [9.17, 15) is 0 Å². The third-order valence-corrected chi connectivity index (χ3v) is 3.83. The summed E-state index contributed by atoms with van der Waals surface area (Å²) in [4.78, 5) is 8.97. The number of aromatic nitrogens is 2. The van der Waals surface area contributed by atoms with Crippen molar-refractivity contribution in [2.24, 2.45) is 17.8 Å². The Labute approximate surface area is 159 Å². The Morgan fingerprint density at radius 1 is 1.12 bits per heavy atom. The van der Waals surface area contributed by atoms with Crippen molar-refractivity contribution < 1.29 is 0 Å². The first kappa shape index (κ1) is 18.3. The third kappa shape index (κ3) is 4.47. The van der Waals surface area contributed by atoms with Crippen LogP contribution in [0.1, 0.15) is 11.4 Å². The first-order valence-corrected chi connectivity index (χ1v) is 7.72. The summed E-state index contributed by atoms with van der Waals surface area (Å²) in [5.74, 6) is 1.35. The van der Waals surface area contributed by atoms with E-state index in [-0.39, 0.29) is 24.0 Å². The minimum Gasteiger partial charge on any atom is -0.370 e. The molecule has 5 nitrogen and oxygen atoms in total. The zero-order valence-electron chi connectivity index (χ0n) is 13.6. The summed E-state index contributed by atoms with van der Waals surface area (Å²) in [7, 11) is 2.00. The summed E-state index contributed by atoms with van der Waals surface area (Å²) in [5.41, 5.74) is 9.30. The predicted molar refractivity (Wildman–Crippen MR) is 110 cm³/mol. The van der Waals surface area contributed by atoms with Crippen molar-refractivity contribution >= 4 is 41.0 Å². The van der Waals surface area contributed by atoms with Crippen LogP contribution >= 0.6 is 24.0 Å². The number of nitrogens with two attached hydrogens (primary N) is 1. The van der Waals surface area contributed by atoms with Gasteiger partial charge in [-0.3, -0.25) is 0 Å². The SMILES string of the molecule is Cn1c(CN=C(N)NCCc2ccccc2)nc2ccccc21.I. The first-order valence-electron chi connectivity index (χ1n) is 7.72. The fraction of sp³-hybridized carbons (Fsp3) is 0.222. The fourth-order valence-electron chi connectivity index (χ4n) is 2.53. The number of nitrogens with one attached hydrogen (secondary N) is 1.